The van der Waals surface area contributed by atoms with Gasteiger partial charge in [-0.2, -0.15) is 0 Å². The van der Waals surface area contributed by atoms with Gasteiger partial charge in [0.15, 0.2) is 10.8 Å². The predicted molar refractivity (Wildman–Crippen MR) is 110 cm³/mol. The third-order valence-corrected chi connectivity index (χ3v) is 6.30. The number of aromatic nitrogens is 1. The Hall–Kier alpha value is -2.54. The summed E-state index contributed by atoms with van der Waals surface area (Å²) in [6, 6.07) is -1.10. The predicted octanol–water partition coefficient (Wildman–Crippen LogP) is 0.553. The number of carbonyl (C=O) groups excluding carboxylic acids is 2. The van der Waals surface area contributed by atoms with Crippen molar-refractivity contribution in [2.24, 2.45) is 5.16 Å². The molecule has 1 unspecified atom stereocenters. The molecule has 5 N–H and O–H groups in total. The highest BCUT2D eigenvalue weighted by molar-refractivity contribution is 7.51. The Balaban J connectivity index is 2.10. The summed E-state index contributed by atoms with van der Waals surface area (Å²) < 4.78 is 17.7. The molecule has 1 aliphatic rings. The van der Waals surface area contributed by atoms with Crippen molar-refractivity contribution in [3.05, 3.63) is 11.1 Å². The Morgan fingerprint density at radius 3 is 2.71 bits per heavy atom. The molecule has 1 aliphatic heterocycles. The first-order valence-electron chi connectivity index (χ1n) is 9.20. The molecule has 1 aromatic heterocycles. The van der Waals surface area contributed by atoms with Crippen molar-refractivity contribution in [2.45, 2.75) is 45.3 Å². The number of amides is 2. The number of hydrogen-bond acceptors (Lipinski definition) is 10. The lowest BCUT2D eigenvalue weighted by molar-refractivity contribution is -0.161. The maximum absolute atomic E-state index is 12.7. The van der Waals surface area contributed by atoms with Crippen molar-refractivity contribution >= 4 is 47.7 Å². The third kappa shape index (κ3) is 6.00. The number of oxime groups is 1. The molecule has 2 amide bonds. The van der Waals surface area contributed by atoms with Gasteiger partial charge < -0.3 is 25.9 Å². The van der Waals surface area contributed by atoms with Crippen LogP contribution in [0, 0.1) is 0 Å². The van der Waals surface area contributed by atoms with Gasteiger partial charge in [-0.1, -0.05) is 18.5 Å². The first kappa shape index (κ1) is 24.7. The number of nitrogen functional groups attached to an aromatic ring is 1. The number of unbranched alkanes of at least 4 members (excludes halogenated alkanes) is 1. The van der Waals surface area contributed by atoms with Gasteiger partial charge in [-0.25, -0.2) is 19.0 Å². The average Bonchev–Trinajstić information content (AvgIpc) is 3.10. The van der Waals surface area contributed by atoms with Crippen molar-refractivity contribution in [1.29, 1.82) is 0 Å². The quantitative estimate of drug-likeness (QED) is 0.115. The van der Waals surface area contributed by atoms with Crippen molar-refractivity contribution in [3.63, 3.8) is 0 Å². The fraction of sp³-hybridized carbons (Fsp3) is 0.562. The van der Waals surface area contributed by atoms with E-state index in [9.17, 15) is 23.8 Å². The van der Waals surface area contributed by atoms with E-state index in [-0.39, 0.29) is 24.0 Å². The van der Waals surface area contributed by atoms with Gasteiger partial charge in [0.25, 0.3) is 11.8 Å². The highest BCUT2D eigenvalue weighted by Gasteiger charge is 2.48. The molecule has 2 heterocycles. The van der Waals surface area contributed by atoms with Gasteiger partial charge in [0, 0.05) is 5.38 Å². The Morgan fingerprint density at radius 1 is 1.52 bits per heavy atom. The van der Waals surface area contributed by atoms with Gasteiger partial charge in [0.2, 0.25) is 5.60 Å². The second-order valence-electron chi connectivity index (χ2n) is 7.04. The number of β-lactam (4-membered cyclic amide) rings is 1. The van der Waals surface area contributed by atoms with Gasteiger partial charge >= 0.3 is 13.7 Å². The summed E-state index contributed by atoms with van der Waals surface area (Å²) in [5.74, 6) is -3.02. The zero-order chi connectivity index (χ0) is 23.4. The molecular formula is C16H24N5O8PS. The molecule has 1 aromatic rings. The Morgan fingerprint density at radius 2 is 2.19 bits per heavy atom. The van der Waals surface area contributed by atoms with Crippen LogP contribution < -0.4 is 11.1 Å². The SMILES string of the molecule is CCCCOP(=O)(O)N1C[C@H](NC(=O)C(=NOC(C)(C)C(=O)O)c2csc(N)n2)C1=O. The number of thiazole rings is 1. The smallest absolute Gasteiger partial charge is 0.435 e. The summed E-state index contributed by atoms with van der Waals surface area (Å²) in [4.78, 5) is 54.9. The van der Waals surface area contributed by atoms with E-state index >= 15 is 0 Å². The van der Waals surface area contributed by atoms with Crippen LogP contribution >= 0.6 is 19.1 Å². The van der Waals surface area contributed by atoms with E-state index in [4.69, 9.17) is 20.2 Å². The fourth-order valence-electron chi connectivity index (χ4n) is 2.17. The molecule has 15 heteroatoms. The van der Waals surface area contributed by atoms with Crippen molar-refractivity contribution < 1.29 is 38.3 Å². The molecule has 1 fully saturated rings. The van der Waals surface area contributed by atoms with Crippen molar-refractivity contribution in [2.75, 3.05) is 18.9 Å². The largest absolute Gasteiger partial charge is 0.478 e. The lowest BCUT2D eigenvalue weighted by Crippen LogP contribution is -2.63. The van der Waals surface area contributed by atoms with Crippen LogP contribution in [-0.2, 0) is 28.3 Å². The number of hydrogen-bond donors (Lipinski definition) is 4. The van der Waals surface area contributed by atoms with E-state index in [0.717, 1.165) is 17.8 Å². The first-order chi connectivity index (χ1) is 14.4. The summed E-state index contributed by atoms with van der Waals surface area (Å²) in [6.45, 7) is 4.10. The monoisotopic (exact) mass is 477 g/mol. The van der Waals surface area contributed by atoms with Gasteiger partial charge in [0.1, 0.15) is 11.7 Å². The van der Waals surface area contributed by atoms with Crippen LogP contribution in [0.2, 0.25) is 0 Å². The zero-order valence-electron chi connectivity index (χ0n) is 17.1. The molecule has 0 bridgehead atoms. The molecule has 0 aromatic carbocycles. The fourth-order valence-corrected chi connectivity index (χ4v) is 3.98. The van der Waals surface area contributed by atoms with Crippen LogP contribution in [0.3, 0.4) is 0 Å². The Kier molecular flexibility index (Phi) is 7.76. The van der Waals surface area contributed by atoms with Gasteiger partial charge in [-0.3, -0.25) is 14.1 Å². The van der Waals surface area contributed by atoms with E-state index in [0.29, 0.717) is 11.1 Å². The molecular weight excluding hydrogens is 453 g/mol. The summed E-state index contributed by atoms with van der Waals surface area (Å²) in [5, 5.41) is 16.6. The Bertz CT molecular complexity index is 933. The molecule has 0 saturated carbocycles. The van der Waals surface area contributed by atoms with E-state index in [2.05, 4.69) is 15.5 Å². The lowest BCUT2D eigenvalue weighted by Gasteiger charge is -2.39. The van der Waals surface area contributed by atoms with E-state index < -0.39 is 42.9 Å². The van der Waals surface area contributed by atoms with Crippen LogP contribution in [0.5, 0.6) is 0 Å². The normalized spacial score (nSPS) is 18.8. The van der Waals surface area contributed by atoms with Crippen LogP contribution in [0.15, 0.2) is 10.5 Å². The minimum absolute atomic E-state index is 0.0144. The topological polar surface area (TPSA) is 194 Å². The van der Waals surface area contributed by atoms with Crippen LogP contribution in [0.4, 0.5) is 5.13 Å². The summed E-state index contributed by atoms with van der Waals surface area (Å²) in [5.41, 5.74) is 3.45. The number of nitrogens with zero attached hydrogens (tertiary/aromatic N) is 3. The highest BCUT2D eigenvalue weighted by atomic mass is 32.1. The third-order valence-electron chi connectivity index (χ3n) is 4.14. The van der Waals surface area contributed by atoms with Crippen molar-refractivity contribution in [3.8, 4) is 0 Å². The van der Waals surface area contributed by atoms with E-state index in [1.165, 1.54) is 19.2 Å². The van der Waals surface area contributed by atoms with Gasteiger partial charge in [-0.05, 0) is 20.3 Å². The number of carboxylic acid groups (broad SMARTS) is 1. The Labute approximate surface area is 181 Å². The molecule has 31 heavy (non-hydrogen) atoms. The zero-order valence-corrected chi connectivity index (χ0v) is 18.8. The summed E-state index contributed by atoms with van der Waals surface area (Å²) in [6.07, 6.45) is 1.30. The standard InChI is InChI=1S/C16H24N5O8PS/c1-4-5-6-28-30(26,27)21-7-9(13(21)23)18-12(22)11(10-8-31-15(17)19-10)20-29-16(2,3)14(24)25/h8-9H,4-7H2,1-3H3,(H2,17,19)(H,18,22)(H,24,25)(H,26,27)/t9-/m0/s1. The minimum Gasteiger partial charge on any atom is -0.478 e. The van der Waals surface area contributed by atoms with Crippen LogP contribution in [-0.4, -0.2) is 67.9 Å². The lowest BCUT2D eigenvalue weighted by atomic mass is 10.1. The minimum atomic E-state index is -4.30. The molecule has 172 valence electrons. The molecule has 13 nitrogen and oxygen atoms in total. The number of anilines is 1. The molecule has 2 atom stereocenters. The molecule has 2 rings (SSSR count). The van der Waals surface area contributed by atoms with E-state index in [1.54, 1.807) is 0 Å². The number of aliphatic carboxylic acids is 1. The second-order valence-corrected chi connectivity index (χ2v) is 9.65. The van der Waals surface area contributed by atoms with Crippen LogP contribution in [0.1, 0.15) is 39.3 Å². The average molecular weight is 477 g/mol. The second kappa shape index (κ2) is 9.73. The molecule has 0 aliphatic carbocycles. The maximum Gasteiger partial charge on any atom is 0.435 e. The number of nitrogens with two attached hydrogens (primary N) is 1. The number of nitrogens with one attached hydrogen (secondary N) is 1. The maximum atomic E-state index is 12.7. The van der Waals surface area contributed by atoms with E-state index in [1.807, 2.05) is 6.92 Å². The van der Waals surface area contributed by atoms with Gasteiger partial charge in [-0.15, -0.1) is 11.3 Å². The highest BCUT2D eigenvalue weighted by Crippen LogP contribution is 2.49. The van der Waals surface area contributed by atoms with Crippen molar-refractivity contribution in [1.82, 2.24) is 15.0 Å². The summed E-state index contributed by atoms with van der Waals surface area (Å²) in [7, 11) is -4.30. The first-order valence-corrected chi connectivity index (χ1v) is 11.6. The number of carboxylic acids is 1. The number of rotatable bonds is 11. The molecule has 0 radical (unpaired) electrons. The number of carbonyl (C=O) groups is 3. The van der Waals surface area contributed by atoms with Gasteiger partial charge in [0.05, 0.1) is 13.2 Å². The van der Waals surface area contributed by atoms with Crippen LogP contribution in [0.25, 0.3) is 0 Å². The summed E-state index contributed by atoms with van der Waals surface area (Å²) >= 11 is 1.01. The molecule has 1 saturated heterocycles. The molecule has 0 spiro atoms.